The zero-order valence-corrected chi connectivity index (χ0v) is 8.54. The molecule has 0 radical (unpaired) electrons. The summed E-state index contributed by atoms with van der Waals surface area (Å²) in [5.41, 5.74) is 1.62. The molecule has 0 saturated carbocycles. The highest BCUT2D eigenvalue weighted by Crippen LogP contribution is 2.29. The fourth-order valence-electron chi connectivity index (χ4n) is 1.58. The predicted molar refractivity (Wildman–Crippen MR) is 55.7 cm³/mol. The Morgan fingerprint density at radius 3 is 2.77 bits per heavy atom. The van der Waals surface area contributed by atoms with Crippen LogP contribution in [0.4, 0.5) is 0 Å². The van der Waals surface area contributed by atoms with Crippen molar-refractivity contribution in [1.29, 1.82) is 0 Å². The van der Waals surface area contributed by atoms with Crippen LogP contribution in [0.2, 0.25) is 0 Å². The van der Waals surface area contributed by atoms with Crippen molar-refractivity contribution >= 4 is 5.84 Å². The normalized spacial score (nSPS) is 21.3. The molecule has 0 unspecified atom stereocenters. The van der Waals surface area contributed by atoms with Gasteiger partial charge in [-0.15, -0.1) is 0 Å². The van der Waals surface area contributed by atoms with Crippen LogP contribution in [0.25, 0.3) is 0 Å². The van der Waals surface area contributed by atoms with E-state index in [0.717, 1.165) is 18.9 Å². The van der Waals surface area contributed by atoms with Gasteiger partial charge in [0, 0.05) is 12.7 Å². The predicted octanol–water partition coefficient (Wildman–Crippen LogP) is 2.20. The van der Waals surface area contributed by atoms with Crippen molar-refractivity contribution in [3.8, 4) is 0 Å². The third-order valence-corrected chi connectivity index (χ3v) is 2.48. The van der Waals surface area contributed by atoms with Crippen LogP contribution < -0.4 is 0 Å². The number of nitrogens with zero attached hydrogens (tertiary/aromatic N) is 2. The Hall–Kier alpha value is -1.05. The van der Waals surface area contributed by atoms with Crippen molar-refractivity contribution in [2.75, 3.05) is 13.1 Å². The van der Waals surface area contributed by atoms with Gasteiger partial charge in [-0.2, -0.15) is 0 Å². The van der Waals surface area contributed by atoms with Crippen molar-refractivity contribution in [2.45, 2.75) is 20.8 Å². The maximum atomic E-state index is 4.39. The lowest BCUT2D eigenvalue weighted by atomic mass is 9.86. The molecule has 0 bridgehead atoms. The molecule has 0 spiro atoms. The number of rotatable bonds is 0. The Bertz CT molecular complexity index is 303. The van der Waals surface area contributed by atoms with E-state index in [-0.39, 0.29) is 5.41 Å². The first-order valence-electron chi connectivity index (χ1n) is 4.79. The van der Waals surface area contributed by atoms with E-state index in [2.05, 4.69) is 49.0 Å². The SMILES string of the molecule is CC(C)(C)C1=CN2CCN=C2C=C1. The van der Waals surface area contributed by atoms with E-state index in [9.17, 15) is 0 Å². The molecular formula is C11H16N2. The van der Waals surface area contributed by atoms with E-state index in [1.807, 2.05) is 0 Å². The summed E-state index contributed by atoms with van der Waals surface area (Å²) in [5.74, 6) is 1.12. The Kier molecular flexibility index (Phi) is 1.79. The van der Waals surface area contributed by atoms with Crippen LogP contribution in [-0.4, -0.2) is 23.8 Å². The van der Waals surface area contributed by atoms with Crippen LogP contribution in [-0.2, 0) is 0 Å². The molecule has 0 atom stereocenters. The molecule has 0 fully saturated rings. The number of hydrogen-bond acceptors (Lipinski definition) is 2. The average molecular weight is 176 g/mol. The van der Waals surface area contributed by atoms with Gasteiger partial charge in [-0.3, -0.25) is 4.99 Å². The van der Waals surface area contributed by atoms with Crippen LogP contribution in [0.1, 0.15) is 20.8 Å². The lowest BCUT2D eigenvalue weighted by molar-refractivity contribution is 0.492. The monoisotopic (exact) mass is 176 g/mol. The van der Waals surface area contributed by atoms with Crippen molar-refractivity contribution in [2.24, 2.45) is 10.4 Å². The summed E-state index contributed by atoms with van der Waals surface area (Å²) in [4.78, 5) is 6.62. The minimum Gasteiger partial charge on any atom is -0.331 e. The molecule has 0 N–H and O–H groups in total. The van der Waals surface area contributed by atoms with Crippen LogP contribution in [0.3, 0.4) is 0 Å². The highest BCUT2D eigenvalue weighted by molar-refractivity contribution is 5.96. The van der Waals surface area contributed by atoms with Gasteiger partial charge in [-0.05, 0) is 17.1 Å². The summed E-state index contributed by atoms with van der Waals surface area (Å²) in [6.07, 6.45) is 6.53. The number of allylic oxidation sites excluding steroid dienone is 2. The van der Waals surface area contributed by atoms with Gasteiger partial charge in [0.2, 0.25) is 0 Å². The van der Waals surface area contributed by atoms with E-state index in [1.165, 1.54) is 5.57 Å². The number of fused-ring (bicyclic) bond motifs is 1. The standard InChI is InChI=1S/C11H16N2/c1-11(2,3)9-4-5-10-12-6-7-13(10)8-9/h4-5,8H,6-7H2,1-3H3. The molecule has 13 heavy (non-hydrogen) atoms. The van der Waals surface area contributed by atoms with Gasteiger partial charge in [0.1, 0.15) is 5.84 Å². The molecule has 2 rings (SSSR count). The molecule has 2 heterocycles. The van der Waals surface area contributed by atoms with Crippen LogP contribution >= 0.6 is 0 Å². The molecule has 2 aliphatic rings. The zero-order valence-electron chi connectivity index (χ0n) is 8.54. The summed E-state index contributed by atoms with van der Waals surface area (Å²) in [5, 5.41) is 0. The fraction of sp³-hybridized carbons (Fsp3) is 0.545. The second-order valence-corrected chi connectivity index (χ2v) is 4.60. The Morgan fingerprint density at radius 1 is 1.31 bits per heavy atom. The van der Waals surface area contributed by atoms with Gasteiger partial charge in [0.25, 0.3) is 0 Å². The summed E-state index contributed by atoms with van der Waals surface area (Å²) < 4.78 is 0. The minimum absolute atomic E-state index is 0.241. The van der Waals surface area contributed by atoms with E-state index < -0.39 is 0 Å². The molecule has 0 saturated heterocycles. The lowest BCUT2D eigenvalue weighted by Crippen LogP contribution is -2.25. The van der Waals surface area contributed by atoms with Crippen LogP contribution in [0.15, 0.2) is 28.9 Å². The second kappa shape index (κ2) is 2.72. The number of amidine groups is 1. The molecule has 0 aromatic heterocycles. The average Bonchev–Trinajstić information content (AvgIpc) is 2.47. The van der Waals surface area contributed by atoms with E-state index >= 15 is 0 Å². The molecule has 0 amide bonds. The number of hydrogen-bond donors (Lipinski definition) is 0. The third-order valence-electron chi connectivity index (χ3n) is 2.48. The van der Waals surface area contributed by atoms with Gasteiger partial charge in [-0.1, -0.05) is 26.8 Å². The summed E-state index contributed by atoms with van der Waals surface area (Å²) >= 11 is 0. The zero-order chi connectivity index (χ0) is 9.47. The molecule has 0 aromatic rings. The lowest BCUT2D eigenvalue weighted by Gasteiger charge is -2.26. The Morgan fingerprint density at radius 2 is 2.08 bits per heavy atom. The second-order valence-electron chi connectivity index (χ2n) is 4.60. The van der Waals surface area contributed by atoms with Gasteiger partial charge in [0.15, 0.2) is 0 Å². The maximum Gasteiger partial charge on any atom is 0.127 e. The first-order valence-corrected chi connectivity index (χ1v) is 4.79. The highest BCUT2D eigenvalue weighted by Gasteiger charge is 2.22. The maximum absolute atomic E-state index is 4.39. The highest BCUT2D eigenvalue weighted by atomic mass is 15.2. The van der Waals surface area contributed by atoms with Crippen LogP contribution in [0, 0.1) is 5.41 Å². The summed E-state index contributed by atoms with van der Waals surface area (Å²) in [6.45, 7) is 8.69. The van der Waals surface area contributed by atoms with E-state index in [0.29, 0.717) is 0 Å². The van der Waals surface area contributed by atoms with Gasteiger partial charge >= 0.3 is 0 Å². The van der Waals surface area contributed by atoms with E-state index in [4.69, 9.17) is 0 Å². The fourth-order valence-corrected chi connectivity index (χ4v) is 1.58. The van der Waals surface area contributed by atoms with E-state index in [1.54, 1.807) is 0 Å². The smallest absolute Gasteiger partial charge is 0.127 e. The van der Waals surface area contributed by atoms with Gasteiger partial charge < -0.3 is 4.90 Å². The molecule has 70 valence electrons. The van der Waals surface area contributed by atoms with Crippen molar-refractivity contribution in [3.63, 3.8) is 0 Å². The topological polar surface area (TPSA) is 15.6 Å². The molecule has 2 aliphatic heterocycles. The third kappa shape index (κ3) is 1.53. The molecule has 0 aromatic carbocycles. The molecular weight excluding hydrogens is 160 g/mol. The van der Waals surface area contributed by atoms with Gasteiger partial charge in [0.05, 0.1) is 6.54 Å². The number of aliphatic imine (C=N–C) groups is 1. The van der Waals surface area contributed by atoms with Crippen molar-refractivity contribution in [1.82, 2.24) is 4.90 Å². The summed E-state index contributed by atoms with van der Waals surface area (Å²) in [6, 6.07) is 0. The molecule has 2 nitrogen and oxygen atoms in total. The molecule has 2 heteroatoms. The first-order chi connectivity index (χ1) is 6.07. The minimum atomic E-state index is 0.241. The quantitative estimate of drug-likeness (QED) is 0.552. The molecule has 0 aliphatic carbocycles. The largest absolute Gasteiger partial charge is 0.331 e. The van der Waals surface area contributed by atoms with Crippen LogP contribution in [0.5, 0.6) is 0 Å². The Balaban J connectivity index is 2.27. The summed E-state index contributed by atoms with van der Waals surface area (Å²) in [7, 11) is 0. The van der Waals surface area contributed by atoms with Crippen molar-refractivity contribution in [3.05, 3.63) is 23.9 Å². The Labute approximate surface area is 79.7 Å². The van der Waals surface area contributed by atoms with Crippen molar-refractivity contribution < 1.29 is 0 Å². The van der Waals surface area contributed by atoms with Gasteiger partial charge in [-0.25, -0.2) is 0 Å². The first kappa shape index (κ1) is 8.54.